The molecule has 5 rings (SSSR count). The van der Waals surface area contributed by atoms with E-state index in [1.165, 1.54) is 6.20 Å². The van der Waals surface area contributed by atoms with E-state index in [0.717, 1.165) is 12.8 Å². The number of alkyl halides is 2. The summed E-state index contributed by atoms with van der Waals surface area (Å²) in [5, 5.41) is 7.16. The fraction of sp³-hybridized carbons (Fsp3) is 0.565. The van der Waals surface area contributed by atoms with Crippen LogP contribution >= 0.6 is 11.3 Å². The van der Waals surface area contributed by atoms with Crippen LogP contribution in [0.1, 0.15) is 52.0 Å². The first kappa shape index (κ1) is 25.9. The lowest BCUT2D eigenvalue weighted by Gasteiger charge is -2.42. The molecule has 200 valence electrons. The first-order chi connectivity index (χ1) is 17.4. The minimum absolute atomic E-state index is 0.0364. The molecule has 0 bridgehead atoms. The van der Waals surface area contributed by atoms with E-state index in [9.17, 15) is 22.0 Å². The van der Waals surface area contributed by atoms with Gasteiger partial charge in [-0.05, 0) is 32.8 Å². The third-order valence-electron chi connectivity index (χ3n) is 6.85. The number of hydrogen-bond donors (Lipinski definition) is 1. The molecule has 0 radical (unpaired) electrons. The first-order valence-corrected chi connectivity index (χ1v) is 14.4. The van der Waals surface area contributed by atoms with E-state index in [0.29, 0.717) is 42.2 Å². The van der Waals surface area contributed by atoms with Gasteiger partial charge in [0.05, 0.1) is 17.4 Å². The summed E-state index contributed by atoms with van der Waals surface area (Å²) in [6, 6.07) is 1.53. The number of fused-ring (bicyclic) bond motifs is 1. The van der Waals surface area contributed by atoms with Gasteiger partial charge in [-0.15, -0.1) is 10.2 Å². The Morgan fingerprint density at radius 1 is 1.24 bits per heavy atom. The monoisotopic (exact) mass is 553 g/mol. The summed E-state index contributed by atoms with van der Waals surface area (Å²) in [7, 11) is -3.88. The van der Waals surface area contributed by atoms with Gasteiger partial charge in [0.25, 0.3) is 6.43 Å². The molecule has 0 aromatic carbocycles. The SMILES string of the molecule is CC(C)C(=O)N1CCN(c2cc(S(=O)(=O)NC3(C)CC3)cn3c(-c4nnc(C(F)F)s4)ncc23)C[C@H]1C. The van der Waals surface area contributed by atoms with Crippen LogP contribution in [-0.4, -0.2) is 70.0 Å². The van der Waals surface area contributed by atoms with Gasteiger partial charge in [0.1, 0.15) is 4.90 Å². The lowest BCUT2D eigenvalue weighted by Crippen LogP contribution is -2.55. The highest BCUT2D eigenvalue weighted by Crippen LogP contribution is 2.38. The van der Waals surface area contributed by atoms with Crippen LogP contribution in [0, 0.1) is 5.92 Å². The Balaban J connectivity index is 1.59. The van der Waals surface area contributed by atoms with Crippen LogP contribution in [0.25, 0.3) is 16.3 Å². The maximum atomic E-state index is 13.4. The largest absolute Gasteiger partial charge is 0.366 e. The van der Waals surface area contributed by atoms with E-state index >= 15 is 0 Å². The van der Waals surface area contributed by atoms with Gasteiger partial charge in [0, 0.05) is 43.3 Å². The van der Waals surface area contributed by atoms with Crippen molar-refractivity contribution < 1.29 is 22.0 Å². The molecule has 2 aliphatic rings. The van der Waals surface area contributed by atoms with Gasteiger partial charge < -0.3 is 9.80 Å². The molecule has 1 amide bonds. The maximum absolute atomic E-state index is 13.4. The molecule has 1 aliphatic carbocycles. The topological polar surface area (TPSA) is 113 Å². The summed E-state index contributed by atoms with van der Waals surface area (Å²) in [5.41, 5.74) is 0.759. The number of imidazole rings is 1. The minimum Gasteiger partial charge on any atom is -0.366 e. The highest BCUT2D eigenvalue weighted by atomic mass is 32.2. The second kappa shape index (κ2) is 9.24. The van der Waals surface area contributed by atoms with Crippen molar-refractivity contribution >= 4 is 38.5 Å². The van der Waals surface area contributed by atoms with Gasteiger partial charge in [-0.25, -0.2) is 26.9 Å². The smallest absolute Gasteiger partial charge is 0.291 e. The zero-order valence-corrected chi connectivity index (χ0v) is 22.6. The summed E-state index contributed by atoms with van der Waals surface area (Å²) in [5.74, 6) is 0.191. The molecule has 1 atom stereocenters. The third-order valence-corrected chi connectivity index (χ3v) is 9.38. The van der Waals surface area contributed by atoms with E-state index in [1.807, 2.05) is 37.5 Å². The van der Waals surface area contributed by atoms with E-state index < -0.39 is 27.0 Å². The number of halogens is 2. The Bertz CT molecular complexity index is 1450. The van der Waals surface area contributed by atoms with Crippen LogP contribution in [0.4, 0.5) is 14.5 Å². The van der Waals surface area contributed by atoms with E-state index in [4.69, 9.17) is 0 Å². The lowest BCUT2D eigenvalue weighted by atomic mass is 10.1. The predicted octanol–water partition coefficient (Wildman–Crippen LogP) is 3.31. The average molecular weight is 554 g/mol. The van der Waals surface area contributed by atoms with Crippen molar-refractivity contribution in [3.8, 4) is 10.8 Å². The predicted molar refractivity (Wildman–Crippen MR) is 135 cm³/mol. The Labute approximate surface area is 217 Å². The van der Waals surface area contributed by atoms with Gasteiger partial charge in [-0.1, -0.05) is 25.2 Å². The van der Waals surface area contributed by atoms with Crippen LogP contribution in [0.5, 0.6) is 0 Å². The summed E-state index contributed by atoms with van der Waals surface area (Å²) in [6.07, 6.45) is 1.76. The van der Waals surface area contributed by atoms with E-state index in [2.05, 4.69) is 19.9 Å². The Hall–Kier alpha value is -2.71. The van der Waals surface area contributed by atoms with Crippen molar-refractivity contribution in [3.05, 3.63) is 23.5 Å². The van der Waals surface area contributed by atoms with Crippen molar-refractivity contribution in [2.24, 2.45) is 5.92 Å². The van der Waals surface area contributed by atoms with Crippen LogP contribution in [0.2, 0.25) is 0 Å². The number of hydrogen-bond acceptors (Lipinski definition) is 8. The number of nitrogens with one attached hydrogen (secondary N) is 1. The normalized spacial score (nSPS) is 19.8. The standard InChI is InChI=1S/C23H29F2N7O3S2/c1-13(2)22(33)31-8-7-30(11-14(31)3)16-9-15(37(34,35)29-23(4)5-6-23)12-32-17(16)10-26-19(32)21-28-27-20(36-21)18(24)25/h9-10,12-14,18,29H,5-8,11H2,1-4H3/t14-/m1/s1. The van der Waals surface area contributed by atoms with Crippen molar-refractivity contribution in [2.75, 3.05) is 24.5 Å². The summed E-state index contributed by atoms with van der Waals surface area (Å²) in [4.78, 5) is 21.0. The second-order valence-corrected chi connectivity index (χ2v) is 13.0. The molecule has 1 aliphatic heterocycles. The molecule has 1 saturated carbocycles. The quantitative estimate of drug-likeness (QED) is 0.478. The fourth-order valence-electron chi connectivity index (χ4n) is 4.53. The van der Waals surface area contributed by atoms with Gasteiger partial charge >= 0.3 is 0 Å². The lowest BCUT2D eigenvalue weighted by molar-refractivity contribution is -0.136. The molecule has 4 heterocycles. The number of nitrogens with zero attached hydrogens (tertiary/aromatic N) is 6. The Morgan fingerprint density at radius 3 is 2.57 bits per heavy atom. The molecule has 37 heavy (non-hydrogen) atoms. The molecule has 1 saturated heterocycles. The summed E-state index contributed by atoms with van der Waals surface area (Å²) < 4.78 is 57.4. The molecule has 2 fully saturated rings. The molecule has 3 aromatic rings. The summed E-state index contributed by atoms with van der Waals surface area (Å²) >= 11 is 0.717. The number of anilines is 1. The molecule has 1 N–H and O–H groups in total. The molecular formula is C23H29F2N7O3S2. The van der Waals surface area contributed by atoms with Crippen molar-refractivity contribution in [1.29, 1.82) is 0 Å². The van der Waals surface area contributed by atoms with Gasteiger partial charge in [0.2, 0.25) is 15.9 Å². The van der Waals surface area contributed by atoms with Crippen molar-refractivity contribution in [1.82, 2.24) is 29.2 Å². The zero-order valence-electron chi connectivity index (χ0n) is 21.0. The molecule has 3 aromatic heterocycles. The summed E-state index contributed by atoms with van der Waals surface area (Å²) in [6.45, 7) is 9.05. The van der Waals surface area contributed by atoms with Crippen LogP contribution in [0.15, 0.2) is 23.4 Å². The molecule has 0 unspecified atom stereocenters. The van der Waals surface area contributed by atoms with Gasteiger partial charge in [0.15, 0.2) is 15.8 Å². The minimum atomic E-state index is -3.88. The highest BCUT2D eigenvalue weighted by molar-refractivity contribution is 7.89. The van der Waals surface area contributed by atoms with Crippen molar-refractivity contribution in [2.45, 2.75) is 63.4 Å². The highest BCUT2D eigenvalue weighted by Gasteiger charge is 2.41. The van der Waals surface area contributed by atoms with E-state index in [-0.39, 0.29) is 33.6 Å². The molecule has 14 heteroatoms. The molecule has 0 spiro atoms. The second-order valence-electron chi connectivity index (χ2n) is 10.3. The number of piperazine rings is 1. The third kappa shape index (κ3) is 4.93. The van der Waals surface area contributed by atoms with Crippen LogP contribution < -0.4 is 9.62 Å². The number of amides is 1. The number of carbonyl (C=O) groups excluding carboxylic acids is 1. The Morgan fingerprint density at radius 2 is 1.97 bits per heavy atom. The number of pyridine rings is 1. The number of carbonyl (C=O) groups is 1. The fourth-order valence-corrected chi connectivity index (χ4v) is 6.71. The number of sulfonamides is 1. The average Bonchev–Trinajstić information content (AvgIpc) is 3.22. The van der Waals surface area contributed by atoms with Gasteiger partial charge in [-0.2, -0.15) is 0 Å². The van der Waals surface area contributed by atoms with Crippen molar-refractivity contribution in [3.63, 3.8) is 0 Å². The van der Waals surface area contributed by atoms with Crippen LogP contribution in [0.3, 0.4) is 0 Å². The number of aromatic nitrogens is 4. The zero-order chi connectivity index (χ0) is 26.7. The van der Waals surface area contributed by atoms with E-state index in [1.54, 1.807) is 16.7 Å². The Kier molecular flexibility index (Phi) is 6.47. The number of rotatable bonds is 7. The van der Waals surface area contributed by atoms with Gasteiger partial charge in [-0.3, -0.25) is 9.20 Å². The molecular weight excluding hydrogens is 524 g/mol. The maximum Gasteiger partial charge on any atom is 0.291 e. The first-order valence-electron chi connectivity index (χ1n) is 12.1. The van der Waals surface area contributed by atoms with Crippen LogP contribution in [-0.2, 0) is 14.8 Å². The molecule has 10 nitrogen and oxygen atoms in total.